The number of hydrogen-bond donors (Lipinski definition) is 1. The van der Waals surface area contributed by atoms with Gasteiger partial charge in [0.05, 0.1) is 0 Å². The smallest absolute Gasteiger partial charge is 0.251 e. The summed E-state index contributed by atoms with van der Waals surface area (Å²) in [4.78, 5) is 12.5. The van der Waals surface area contributed by atoms with E-state index in [9.17, 15) is 9.18 Å². The number of halogens is 2. The summed E-state index contributed by atoms with van der Waals surface area (Å²) >= 11 is 3.62. The summed E-state index contributed by atoms with van der Waals surface area (Å²) in [5, 5.41) is 2.93. The van der Waals surface area contributed by atoms with Crippen LogP contribution in [0.3, 0.4) is 0 Å². The molecular formula is C14H17BrFNO. The molecule has 18 heavy (non-hydrogen) atoms. The number of rotatable bonds is 3. The lowest BCUT2D eigenvalue weighted by Gasteiger charge is -2.25. The topological polar surface area (TPSA) is 29.1 Å². The third-order valence-corrected chi connectivity index (χ3v) is 4.35. The zero-order chi connectivity index (χ0) is 13.0. The first-order valence-corrected chi connectivity index (χ1v) is 7.24. The maximum atomic E-state index is 12.7. The van der Waals surface area contributed by atoms with Crippen LogP contribution in [0.1, 0.15) is 36.0 Å². The fourth-order valence-corrected chi connectivity index (χ4v) is 2.79. The third kappa shape index (κ3) is 3.80. The average Bonchev–Trinajstić information content (AvgIpc) is 2.38. The number of amides is 1. The van der Waals surface area contributed by atoms with Crippen LogP contribution in [-0.2, 0) is 0 Å². The summed E-state index contributed by atoms with van der Waals surface area (Å²) in [6.45, 7) is 0.718. The van der Waals surface area contributed by atoms with Crippen molar-refractivity contribution in [1.82, 2.24) is 5.32 Å². The SMILES string of the molecule is O=C(NCC1CCC(Br)CC1)c1ccc(F)cc1. The lowest BCUT2D eigenvalue weighted by molar-refractivity contribution is 0.0944. The molecule has 0 aliphatic heterocycles. The first-order chi connectivity index (χ1) is 8.65. The van der Waals surface area contributed by atoms with Gasteiger partial charge >= 0.3 is 0 Å². The summed E-state index contributed by atoms with van der Waals surface area (Å²) < 4.78 is 12.7. The van der Waals surface area contributed by atoms with Gasteiger partial charge in [0, 0.05) is 16.9 Å². The standard InChI is InChI=1S/C14H17BrFNO/c15-12-5-1-10(2-6-12)9-17-14(18)11-3-7-13(16)8-4-11/h3-4,7-8,10,12H,1-2,5-6,9H2,(H,17,18). The predicted octanol–water partition coefficient (Wildman–Crippen LogP) is 3.51. The fourth-order valence-electron chi connectivity index (χ4n) is 2.27. The molecule has 1 aromatic rings. The van der Waals surface area contributed by atoms with E-state index in [1.807, 2.05) is 0 Å². The predicted molar refractivity (Wildman–Crippen MR) is 73.4 cm³/mol. The summed E-state index contributed by atoms with van der Waals surface area (Å²) in [6.07, 6.45) is 4.66. The van der Waals surface area contributed by atoms with Crippen LogP contribution in [0.2, 0.25) is 0 Å². The molecule has 98 valence electrons. The molecule has 1 amide bonds. The molecule has 2 rings (SSSR count). The van der Waals surface area contributed by atoms with Gasteiger partial charge in [0.25, 0.3) is 5.91 Å². The number of nitrogens with one attached hydrogen (secondary N) is 1. The van der Waals surface area contributed by atoms with Crippen molar-refractivity contribution in [2.75, 3.05) is 6.54 Å². The lowest BCUT2D eigenvalue weighted by atomic mass is 9.89. The fraction of sp³-hybridized carbons (Fsp3) is 0.500. The van der Waals surface area contributed by atoms with E-state index >= 15 is 0 Å². The van der Waals surface area contributed by atoms with E-state index in [0.29, 0.717) is 16.3 Å². The first kappa shape index (κ1) is 13.5. The number of carbonyl (C=O) groups excluding carboxylic acids is 1. The van der Waals surface area contributed by atoms with E-state index in [-0.39, 0.29) is 11.7 Å². The molecule has 0 bridgehead atoms. The van der Waals surface area contributed by atoms with Crippen LogP contribution in [0.15, 0.2) is 24.3 Å². The normalized spacial score (nSPS) is 23.7. The minimum absolute atomic E-state index is 0.115. The van der Waals surface area contributed by atoms with Crippen molar-refractivity contribution in [2.24, 2.45) is 5.92 Å². The Morgan fingerprint density at radius 2 is 1.83 bits per heavy atom. The van der Waals surface area contributed by atoms with E-state index in [0.717, 1.165) is 19.4 Å². The van der Waals surface area contributed by atoms with Gasteiger partial charge in [-0.15, -0.1) is 0 Å². The molecule has 2 nitrogen and oxygen atoms in total. The second kappa shape index (κ2) is 6.32. The van der Waals surface area contributed by atoms with Crippen molar-refractivity contribution in [3.05, 3.63) is 35.6 Å². The van der Waals surface area contributed by atoms with Gasteiger partial charge in [0.1, 0.15) is 5.82 Å². The van der Waals surface area contributed by atoms with Crippen LogP contribution >= 0.6 is 15.9 Å². The van der Waals surface area contributed by atoms with Crippen molar-refractivity contribution in [3.63, 3.8) is 0 Å². The number of carbonyl (C=O) groups is 1. The molecule has 0 saturated heterocycles. The van der Waals surface area contributed by atoms with Crippen LogP contribution in [0, 0.1) is 11.7 Å². The van der Waals surface area contributed by atoms with E-state index < -0.39 is 0 Å². The first-order valence-electron chi connectivity index (χ1n) is 6.33. The summed E-state index contributed by atoms with van der Waals surface area (Å²) in [5.41, 5.74) is 0.519. The maximum Gasteiger partial charge on any atom is 0.251 e. The van der Waals surface area contributed by atoms with E-state index in [1.54, 1.807) is 0 Å². The molecule has 0 aromatic heterocycles. The van der Waals surface area contributed by atoms with Crippen molar-refractivity contribution >= 4 is 21.8 Å². The molecule has 0 unspecified atom stereocenters. The van der Waals surface area contributed by atoms with Gasteiger partial charge in [-0.05, 0) is 55.9 Å². The second-order valence-electron chi connectivity index (χ2n) is 4.83. The van der Waals surface area contributed by atoms with Gasteiger partial charge in [0.2, 0.25) is 0 Å². The molecule has 0 atom stereocenters. The summed E-state index contributed by atoms with van der Waals surface area (Å²) in [6, 6.07) is 5.65. The van der Waals surface area contributed by atoms with Crippen molar-refractivity contribution in [2.45, 2.75) is 30.5 Å². The molecule has 1 aliphatic rings. The highest BCUT2D eigenvalue weighted by molar-refractivity contribution is 9.09. The minimum Gasteiger partial charge on any atom is -0.352 e. The molecule has 0 radical (unpaired) electrons. The molecule has 1 aromatic carbocycles. The minimum atomic E-state index is -0.317. The Hall–Kier alpha value is -0.900. The maximum absolute atomic E-state index is 12.7. The van der Waals surface area contributed by atoms with Gasteiger partial charge in [0.15, 0.2) is 0 Å². The highest BCUT2D eigenvalue weighted by Crippen LogP contribution is 2.28. The Morgan fingerprint density at radius 3 is 2.44 bits per heavy atom. The van der Waals surface area contributed by atoms with E-state index in [4.69, 9.17) is 0 Å². The van der Waals surface area contributed by atoms with Crippen molar-refractivity contribution < 1.29 is 9.18 Å². The van der Waals surface area contributed by atoms with Crippen molar-refractivity contribution in [1.29, 1.82) is 0 Å². The molecule has 1 saturated carbocycles. The number of hydrogen-bond acceptors (Lipinski definition) is 1. The Bertz CT molecular complexity index is 399. The molecule has 0 spiro atoms. The van der Waals surface area contributed by atoms with Gasteiger partial charge in [-0.3, -0.25) is 4.79 Å². The van der Waals surface area contributed by atoms with Crippen LogP contribution in [0.4, 0.5) is 4.39 Å². The highest BCUT2D eigenvalue weighted by Gasteiger charge is 2.19. The van der Waals surface area contributed by atoms with Crippen LogP contribution in [0.5, 0.6) is 0 Å². The van der Waals surface area contributed by atoms with Gasteiger partial charge in [-0.1, -0.05) is 15.9 Å². The number of benzene rings is 1. The Morgan fingerprint density at radius 1 is 1.22 bits per heavy atom. The quantitative estimate of drug-likeness (QED) is 0.850. The summed E-state index contributed by atoms with van der Waals surface area (Å²) in [5.74, 6) is 0.140. The van der Waals surface area contributed by atoms with E-state index in [2.05, 4.69) is 21.2 Å². The van der Waals surface area contributed by atoms with Crippen LogP contribution in [-0.4, -0.2) is 17.3 Å². The van der Waals surface area contributed by atoms with Crippen LogP contribution < -0.4 is 5.32 Å². The molecule has 1 N–H and O–H groups in total. The molecular weight excluding hydrogens is 297 g/mol. The second-order valence-corrected chi connectivity index (χ2v) is 6.13. The Kier molecular flexibility index (Phi) is 4.75. The Balaban J connectivity index is 1.79. The zero-order valence-corrected chi connectivity index (χ0v) is 11.7. The third-order valence-electron chi connectivity index (χ3n) is 3.43. The van der Waals surface area contributed by atoms with E-state index in [1.165, 1.54) is 37.1 Å². The zero-order valence-electron chi connectivity index (χ0n) is 10.2. The molecule has 4 heteroatoms. The molecule has 1 aliphatic carbocycles. The molecule has 1 fully saturated rings. The van der Waals surface area contributed by atoms with Crippen molar-refractivity contribution in [3.8, 4) is 0 Å². The largest absolute Gasteiger partial charge is 0.352 e. The Labute approximate surface area is 115 Å². The monoisotopic (exact) mass is 313 g/mol. The molecule has 0 heterocycles. The highest BCUT2D eigenvalue weighted by atomic mass is 79.9. The average molecular weight is 314 g/mol. The van der Waals surface area contributed by atoms with Crippen LogP contribution in [0.25, 0.3) is 0 Å². The van der Waals surface area contributed by atoms with Gasteiger partial charge < -0.3 is 5.32 Å². The van der Waals surface area contributed by atoms with Gasteiger partial charge in [-0.2, -0.15) is 0 Å². The summed E-state index contributed by atoms with van der Waals surface area (Å²) in [7, 11) is 0. The lowest BCUT2D eigenvalue weighted by Crippen LogP contribution is -2.31. The number of alkyl halides is 1. The van der Waals surface area contributed by atoms with Gasteiger partial charge in [-0.25, -0.2) is 4.39 Å².